The Bertz CT molecular complexity index is 1110. The minimum absolute atomic E-state index is 0.0207. The normalized spacial score (nSPS) is 23.8. The van der Waals surface area contributed by atoms with Crippen molar-refractivity contribution in [1.29, 1.82) is 5.26 Å². The molecule has 0 aromatic heterocycles. The van der Waals surface area contributed by atoms with Gasteiger partial charge in [-0.05, 0) is 74.3 Å². The predicted octanol–water partition coefficient (Wildman–Crippen LogP) is 7.99. The Hall–Kier alpha value is -3.01. The lowest BCUT2D eigenvalue weighted by Gasteiger charge is -2.37. The molecule has 0 saturated heterocycles. The lowest BCUT2D eigenvalue weighted by molar-refractivity contribution is 0.0724. The van der Waals surface area contributed by atoms with E-state index in [0.717, 1.165) is 54.9 Å². The fourth-order valence-electron chi connectivity index (χ4n) is 6.03. The van der Waals surface area contributed by atoms with Crippen molar-refractivity contribution < 1.29 is 27.4 Å². The van der Waals surface area contributed by atoms with Crippen LogP contribution in [-0.4, -0.2) is 12.6 Å². The van der Waals surface area contributed by atoms with E-state index >= 15 is 0 Å². The van der Waals surface area contributed by atoms with Gasteiger partial charge in [0.15, 0.2) is 0 Å². The molecular formula is C30H34F3NO3. The summed E-state index contributed by atoms with van der Waals surface area (Å²) < 4.78 is 53.6. The number of hydrogen-bond acceptors (Lipinski definition) is 4. The van der Waals surface area contributed by atoms with Gasteiger partial charge in [0.05, 0.1) is 12.2 Å². The Balaban J connectivity index is 1.27. The molecule has 2 aliphatic rings. The molecule has 4 rings (SSSR count). The van der Waals surface area contributed by atoms with Gasteiger partial charge in [0.25, 0.3) is 0 Å². The highest BCUT2D eigenvalue weighted by atomic mass is 19.1. The molecule has 0 bridgehead atoms. The molecule has 0 heterocycles. The van der Waals surface area contributed by atoms with E-state index in [0.29, 0.717) is 12.5 Å². The van der Waals surface area contributed by atoms with E-state index < -0.39 is 29.0 Å². The quantitative estimate of drug-likeness (QED) is 0.265. The second-order valence-electron chi connectivity index (χ2n) is 10.6. The summed E-state index contributed by atoms with van der Waals surface area (Å²) in [6, 6.07) is 6.70. The zero-order valence-electron chi connectivity index (χ0n) is 21.3. The van der Waals surface area contributed by atoms with Crippen LogP contribution in [0.3, 0.4) is 0 Å². The van der Waals surface area contributed by atoms with E-state index in [1.54, 1.807) is 6.07 Å². The zero-order chi connectivity index (χ0) is 26.4. The van der Waals surface area contributed by atoms with Gasteiger partial charge in [-0.2, -0.15) is 5.26 Å². The standard InChI is InChI=1S/C30H34F3NO3/c1-2-3-19-4-8-21(9-5-19)22-10-6-20(7-11-22)18-36-25-15-27(32)29(28(33)16-25)30(35)37-24-13-12-23(17-34)26(31)14-24/h12-16,19-22H,2-11,18H2,1H3/t19-,20-,21-,22-. The number of carbonyl (C=O) groups is 1. The van der Waals surface area contributed by atoms with Crippen molar-refractivity contribution in [3.05, 3.63) is 58.9 Å². The number of esters is 1. The van der Waals surface area contributed by atoms with Gasteiger partial charge in [-0.25, -0.2) is 18.0 Å². The molecule has 2 aromatic carbocycles. The van der Waals surface area contributed by atoms with Crippen LogP contribution >= 0.6 is 0 Å². The SMILES string of the molecule is CCC[C@H]1CC[C@H]([C@H]2CC[C@H](COc3cc(F)c(C(=O)Oc4ccc(C#N)c(F)c4)c(F)c3)CC2)CC1. The fraction of sp³-hybridized carbons (Fsp3) is 0.533. The van der Waals surface area contributed by atoms with E-state index in [9.17, 15) is 18.0 Å². The van der Waals surface area contributed by atoms with Crippen LogP contribution in [0.25, 0.3) is 0 Å². The van der Waals surface area contributed by atoms with Crippen molar-refractivity contribution >= 4 is 5.97 Å². The number of rotatable bonds is 8. The van der Waals surface area contributed by atoms with E-state index in [-0.39, 0.29) is 17.1 Å². The molecule has 0 aliphatic heterocycles. The van der Waals surface area contributed by atoms with Crippen LogP contribution in [0, 0.1) is 52.5 Å². The highest BCUT2D eigenvalue weighted by molar-refractivity contribution is 5.91. The highest BCUT2D eigenvalue weighted by Crippen LogP contribution is 2.42. The topological polar surface area (TPSA) is 59.3 Å². The molecule has 7 heteroatoms. The maximum absolute atomic E-state index is 14.6. The first kappa shape index (κ1) is 27.0. The van der Waals surface area contributed by atoms with Crippen LogP contribution in [-0.2, 0) is 0 Å². The summed E-state index contributed by atoms with van der Waals surface area (Å²) in [6.45, 7) is 2.65. The van der Waals surface area contributed by atoms with Crippen molar-refractivity contribution in [3.8, 4) is 17.6 Å². The van der Waals surface area contributed by atoms with Crippen molar-refractivity contribution in [2.45, 2.75) is 71.1 Å². The number of ether oxygens (including phenoxy) is 2. The highest BCUT2D eigenvalue weighted by Gasteiger charge is 2.31. The lowest BCUT2D eigenvalue weighted by atomic mass is 9.69. The van der Waals surface area contributed by atoms with Crippen molar-refractivity contribution in [2.75, 3.05) is 6.61 Å². The van der Waals surface area contributed by atoms with Crippen molar-refractivity contribution in [1.82, 2.24) is 0 Å². The van der Waals surface area contributed by atoms with E-state index in [1.807, 2.05) is 0 Å². The fourth-order valence-corrected chi connectivity index (χ4v) is 6.03. The zero-order valence-corrected chi connectivity index (χ0v) is 21.3. The molecule has 0 spiro atoms. The summed E-state index contributed by atoms with van der Waals surface area (Å²) in [5.41, 5.74) is -1.12. The Labute approximate surface area is 216 Å². The molecule has 0 unspecified atom stereocenters. The molecule has 0 N–H and O–H groups in total. The maximum Gasteiger partial charge on any atom is 0.349 e. The second kappa shape index (κ2) is 12.5. The number of carbonyl (C=O) groups excluding carboxylic acids is 1. The van der Waals surface area contributed by atoms with Gasteiger partial charge < -0.3 is 9.47 Å². The number of nitrogens with zero attached hydrogens (tertiary/aromatic N) is 1. The average Bonchev–Trinajstić information content (AvgIpc) is 2.88. The van der Waals surface area contributed by atoms with Gasteiger partial charge in [-0.3, -0.25) is 0 Å². The van der Waals surface area contributed by atoms with Crippen molar-refractivity contribution in [3.63, 3.8) is 0 Å². The van der Waals surface area contributed by atoms with Gasteiger partial charge >= 0.3 is 5.97 Å². The van der Waals surface area contributed by atoms with Gasteiger partial charge in [0.1, 0.15) is 40.6 Å². The predicted molar refractivity (Wildman–Crippen MR) is 134 cm³/mol. The number of halogens is 3. The minimum Gasteiger partial charge on any atom is -0.493 e. The van der Waals surface area contributed by atoms with E-state index in [2.05, 4.69) is 6.92 Å². The minimum atomic E-state index is -1.30. The molecule has 0 atom stereocenters. The first-order valence-electron chi connectivity index (χ1n) is 13.4. The van der Waals surface area contributed by atoms with Gasteiger partial charge in [0.2, 0.25) is 0 Å². The van der Waals surface area contributed by atoms with Crippen LogP contribution in [0.4, 0.5) is 13.2 Å². The van der Waals surface area contributed by atoms with Crippen LogP contribution < -0.4 is 9.47 Å². The number of hydrogen-bond donors (Lipinski definition) is 0. The van der Waals surface area contributed by atoms with Crippen LogP contribution in [0.1, 0.15) is 87.1 Å². The molecule has 37 heavy (non-hydrogen) atoms. The Kier molecular flexibility index (Phi) is 9.13. The Morgan fingerprint density at radius 1 is 0.865 bits per heavy atom. The van der Waals surface area contributed by atoms with Crippen LogP contribution in [0.5, 0.6) is 11.5 Å². The summed E-state index contributed by atoms with van der Waals surface area (Å²) in [5, 5.41) is 8.77. The summed E-state index contributed by atoms with van der Waals surface area (Å²) in [4.78, 5) is 12.3. The molecule has 0 radical (unpaired) electrons. The number of nitriles is 1. The smallest absolute Gasteiger partial charge is 0.349 e. The molecule has 198 valence electrons. The number of benzene rings is 2. The molecular weight excluding hydrogens is 479 g/mol. The molecule has 2 saturated carbocycles. The monoisotopic (exact) mass is 513 g/mol. The first-order valence-corrected chi connectivity index (χ1v) is 13.4. The molecule has 2 aliphatic carbocycles. The summed E-state index contributed by atoms with van der Waals surface area (Å²) in [6.07, 6.45) is 12.5. The molecule has 2 fully saturated rings. The first-order chi connectivity index (χ1) is 17.9. The van der Waals surface area contributed by atoms with Gasteiger partial charge in [-0.1, -0.05) is 32.6 Å². The molecule has 0 amide bonds. The van der Waals surface area contributed by atoms with E-state index in [4.69, 9.17) is 14.7 Å². The van der Waals surface area contributed by atoms with E-state index in [1.165, 1.54) is 57.4 Å². The second-order valence-corrected chi connectivity index (χ2v) is 10.6. The van der Waals surface area contributed by atoms with Crippen molar-refractivity contribution in [2.24, 2.45) is 23.7 Å². The Morgan fingerprint density at radius 2 is 1.43 bits per heavy atom. The van der Waals surface area contributed by atoms with Gasteiger partial charge in [-0.15, -0.1) is 0 Å². The molecule has 4 nitrogen and oxygen atoms in total. The summed E-state index contributed by atoms with van der Waals surface area (Å²) in [7, 11) is 0. The largest absolute Gasteiger partial charge is 0.493 e. The average molecular weight is 514 g/mol. The summed E-state index contributed by atoms with van der Waals surface area (Å²) >= 11 is 0. The van der Waals surface area contributed by atoms with Gasteiger partial charge in [0, 0.05) is 18.2 Å². The Morgan fingerprint density at radius 3 is 1.97 bits per heavy atom. The summed E-state index contributed by atoms with van der Waals surface area (Å²) in [5.74, 6) is -1.78. The van der Waals surface area contributed by atoms with Crippen LogP contribution in [0.2, 0.25) is 0 Å². The third-order valence-corrected chi connectivity index (χ3v) is 8.12. The third kappa shape index (κ3) is 6.85. The molecule has 2 aromatic rings. The third-order valence-electron chi connectivity index (χ3n) is 8.12. The maximum atomic E-state index is 14.6. The lowest BCUT2D eigenvalue weighted by Crippen LogP contribution is -2.27. The van der Waals surface area contributed by atoms with Crippen LogP contribution in [0.15, 0.2) is 30.3 Å².